The summed E-state index contributed by atoms with van der Waals surface area (Å²) in [6.07, 6.45) is 0.374. The Morgan fingerprint density at radius 2 is 1.96 bits per heavy atom. The maximum Gasteiger partial charge on any atom is 0.340 e. The van der Waals surface area contributed by atoms with Crippen LogP contribution in [0.2, 0.25) is 0 Å². The quantitative estimate of drug-likeness (QED) is 0.653. The second-order valence-electron chi connectivity index (χ2n) is 5.60. The van der Waals surface area contributed by atoms with Gasteiger partial charge in [-0.15, -0.1) is 0 Å². The third-order valence-electron chi connectivity index (χ3n) is 3.64. The summed E-state index contributed by atoms with van der Waals surface area (Å²) in [6, 6.07) is 9.74. The summed E-state index contributed by atoms with van der Waals surface area (Å²) in [7, 11) is 0. The van der Waals surface area contributed by atoms with Crippen LogP contribution in [-0.4, -0.2) is 34.8 Å². The first kappa shape index (κ1) is 18.6. The molecule has 0 radical (unpaired) electrons. The molecule has 3 rings (SSSR count). The number of aromatic nitrogens is 2. The first-order valence-electron chi connectivity index (χ1n) is 7.76. The van der Waals surface area contributed by atoms with Crippen molar-refractivity contribution >= 4 is 22.4 Å². The third kappa shape index (κ3) is 4.30. The minimum atomic E-state index is -4.30. The van der Waals surface area contributed by atoms with Crippen molar-refractivity contribution in [2.24, 2.45) is 0 Å². The molecule has 0 unspecified atom stereocenters. The summed E-state index contributed by atoms with van der Waals surface area (Å²) in [5, 5.41) is 4.04. The summed E-state index contributed by atoms with van der Waals surface area (Å²) in [5.41, 5.74) is 0.523. The van der Waals surface area contributed by atoms with E-state index in [0.717, 1.165) is 11.5 Å². The largest absolute Gasteiger partial charge is 0.471 e. The Balaban J connectivity index is 1.75. The first-order chi connectivity index (χ1) is 12.9. The van der Waals surface area contributed by atoms with E-state index in [4.69, 9.17) is 0 Å². The topological polar surface area (TPSA) is 64.1 Å². The molecule has 0 aliphatic rings. The summed E-state index contributed by atoms with van der Waals surface area (Å²) < 4.78 is 54.8. The Morgan fingerprint density at radius 3 is 2.74 bits per heavy atom. The van der Waals surface area contributed by atoms with Gasteiger partial charge in [-0.3, -0.25) is 9.78 Å². The number of pyridine rings is 2. The average Bonchev–Trinajstić information content (AvgIpc) is 2.66. The zero-order valence-electron chi connectivity index (χ0n) is 13.7. The van der Waals surface area contributed by atoms with Gasteiger partial charge in [-0.25, -0.2) is 13.8 Å². The lowest BCUT2D eigenvalue weighted by Gasteiger charge is -2.15. The normalized spacial score (nSPS) is 11.6. The average molecular weight is 379 g/mol. The van der Waals surface area contributed by atoms with Crippen LogP contribution in [0.3, 0.4) is 0 Å². The first-order valence-corrected chi connectivity index (χ1v) is 7.76. The van der Waals surface area contributed by atoms with Crippen molar-refractivity contribution in [3.63, 3.8) is 0 Å². The van der Waals surface area contributed by atoms with Gasteiger partial charge >= 0.3 is 12.3 Å². The van der Waals surface area contributed by atoms with Gasteiger partial charge in [-0.1, -0.05) is 24.3 Å². The molecule has 2 heterocycles. The van der Waals surface area contributed by atoms with Crippen LogP contribution >= 0.6 is 0 Å². The molecular weight excluding hydrogens is 366 g/mol. The molecule has 0 aliphatic heterocycles. The van der Waals surface area contributed by atoms with E-state index >= 15 is 0 Å². The number of ether oxygens (including phenoxy) is 1. The lowest BCUT2D eigenvalue weighted by Crippen LogP contribution is -2.33. The fourth-order valence-electron chi connectivity index (χ4n) is 2.30. The molecule has 0 fully saturated rings. The maximum absolute atomic E-state index is 12.9. The molecule has 0 aliphatic carbocycles. The molecule has 2 aromatic heterocycles. The lowest BCUT2D eigenvalue weighted by atomic mass is 10.1. The predicted octanol–water partition coefficient (Wildman–Crippen LogP) is 4.16. The number of fused-ring (bicyclic) bond motifs is 1. The molecule has 3 aromatic rings. The maximum atomic E-state index is 12.9. The molecule has 5 nitrogen and oxygen atoms in total. The van der Waals surface area contributed by atoms with E-state index in [1.807, 2.05) is 6.07 Å². The number of nitrogens with zero attached hydrogens (tertiary/aromatic N) is 2. The Hall–Kier alpha value is -3.23. The van der Waals surface area contributed by atoms with Crippen LogP contribution in [0, 0.1) is 0 Å². The van der Waals surface area contributed by atoms with Gasteiger partial charge in [-0.2, -0.15) is 8.78 Å². The van der Waals surface area contributed by atoms with E-state index in [0.29, 0.717) is 10.9 Å². The Morgan fingerprint density at radius 1 is 1.19 bits per heavy atom. The summed E-state index contributed by atoms with van der Waals surface area (Å²) >= 11 is 0. The van der Waals surface area contributed by atoms with Gasteiger partial charge in [0.2, 0.25) is 5.88 Å². The molecule has 0 saturated heterocycles. The highest BCUT2D eigenvalue weighted by Crippen LogP contribution is 2.25. The molecule has 1 amide bonds. The van der Waals surface area contributed by atoms with Gasteiger partial charge in [0.1, 0.15) is 0 Å². The number of nitrogens with one attached hydrogen (secondary N) is 1. The van der Waals surface area contributed by atoms with E-state index in [1.165, 1.54) is 18.5 Å². The van der Waals surface area contributed by atoms with Gasteiger partial charge in [0.25, 0.3) is 5.91 Å². The van der Waals surface area contributed by atoms with E-state index in [1.54, 1.807) is 24.4 Å². The number of amides is 1. The van der Waals surface area contributed by atoms with E-state index in [-0.39, 0.29) is 11.6 Å². The van der Waals surface area contributed by atoms with Gasteiger partial charge in [0, 0.05) is 35.7 Å². The second-order valence-corrected chi connectivity index (χ2v) is 5.60. The van der Waals surface area contributed by atoms with Crippen LogP contribution in [0.15, 0.2) is 55.0 Å². The van der Waals surface area contributed by atoms with Crippen LogP contribution in [0.1, 0.15) is 10.4 Å². The number of halogens is 4. The fraction of sp³-hybridized carbons (Fsp3) is 0.167. The summed E-state index contributed by atoms with van der Waals surface area (Å²) in [5.74, 6) is -5.09. The molecule has 0 saturated carbocycles. The molecule has 0 atom stereocenters. The van der Waals surface area contributed by atoms with Crippen LogP contribution in [0.5, 0.6) is 5.88 Å². The van der Waals surface area contributed by atoms with Crippen LogP contribution in [0.4, 0.5) is 23.2 Å². The molecule has 0 bridgehead atoms. The highest BCUT2D eigenvalue weighted by Gasteiger charge is 2.41. The van der Waals surface area contributed by atoms with E-state index in [2.05, 4.69) is 20.0 Å². The standard InChI is InChI=1S/C18H13F4N3O2/c19-17(20)18(21,22)10-27-15-7-12(5-6-24-15)25-16(26)14-9-23-8-11-3-1-2-4-13(11)14/h1-9,17H,10H2,(H,24,25,26). The van der Waals surface area contributed by atoms with Crippen LogP contribution in [-0.2, 0) is 0 Å². The SMILES string of the molecule is O=C(Nc1ccnc(OCC(F)(F)C(F)F)c1)c1cncc2ccccc12. The third-order valence-corrected chi connectivity index (χ3v) is 3.64. The number of rotatable bonds is 6. The van der Waals surface area contributed by atoms with Gasteiger partial charge < -0.3 is 10.1 Å². The number of benzene rings is 1. The highest BCUT2D eigenvalue weighted by atomic mass is 19.3. The summed E-state index contributed by atoms with van der Waals surface area (Å²) in [4.78, 5) is 20.2. The molecule has 1 aromatic carbocycles. The van der Waals surface area contributed by atoms with Crippen molar-refractivity contribution in [3.05, 3.63) is 60.6 Å². The second kappa shape index (κ2) is 7.56. The number of carbonyl (C=O) groups is 1. The molecule has 9 heteroatoms. The van der Waals surface area contributed by atoms with E-state index in [9.17, 15) is 22.4 Å². The molecule has 140 valence electrons. The lowest BCUT2D eigenvalue weighted by molar-refractivity contribution is -0.148. The van der Waals surface area contributed by atoms with E-state index < -0.39 is 24.9 Å². The number of carbonyl (C=O) groups excluding carboxylic acids is 1. The van der Waals surface area contributed by atoms with Gasteiger partial charge in [0.15, 0.2) is 6.61 Å². The monoisotopic (exact) mass is 379 g/mol. The number of hydrogen-bond acceptors (Lipinski definition) is 4. The molecular formula is C18H13F4N3O2. The fourth-order valence-corrected chi connectivity index (χ4v) is 2.30. The number of alkyl halides is 4. The highest BCUT2D eigenvalue weighted by molar-refractivity contribution is 6.12. The molecule has 0 spiro atoms. The van der Waals surface area contributed by atoms with Crippen molar-refractivity contribution < 1.29 is 27.1 Å². The number of anilines is 1. The zero-order valence-corrected chi connectivity index (χ0v) is 13.7. The van der Waals surface area contributed by atoms with Crippen LogP contribution < -0.4 is 10.1 Å². The van der Waals surface area contributed by atoms with Crippen molar-refractivity contribution in [1.82, 2.24) is 9.97 Å². The number of hydrogen-bond donors (Lipinski definition) is 1. The predicted molar refractivity (Wildman–Crippen MR) is 90.4 cm³/mol. The summed E-state index contributed by atoms with van der Waals surface area (Å²) in [6.45, 7) is -1.53. The van der Waals surface area contributed by atoms with Crippen molar-refractivity contribution in [2.75, 3.05) is 11.9 Å². The van der Waals surface area contributed by atoms with Crippen molar-refractivity contribution in [3.8, 4) is 5.88 Å². The minimum Gasteiger partial charge on any atom is -0.471 e. The van der Waals surface area contributed by atoms with Gasteiger partial charge in [0.05, 0.1) is 5.56 Å². The Labute approximate surface area is 151 Å². The smallest absolute Gasteiger partial charge is 0.340 e. The Kier molecular flexibility index (Phi) is 5.20. The zero-order chi connectivity index (χ0) is 19.4. The van der Waals surface area contributed by atoms with Crippen molar-refractivity contribution in [2.45, 2.75) is 12.3 Å². The van der Waals surface area contributed by atoms with Gasteiger partial charge in [-0.05, 0) is 11.5 Å². The van der Waals surface area contributed by atoms with Crippen LogP contribution in [0.25, 0.3) is 10.8 Å². The Bertz CT molecular complexity index is 961. The van der Waals surface area contributed by atoms with Crippen molar-refractivity contribution in [1.29, 1.82) is 0 Å². The molecule has 27 heavy (non-hydrogen) atoms. The molecule has 1 N–H and O–H groups in total. The minimum absolute atomic E-state index is 0.207.